The van der Waals surface area contributed by atoms with E-state index in [9.17, 15) is 30.0 Å². The number of quaternary nitrogens is 1. The fourth-order valence-electron chi connectivity index (χ4n) is 7.28. The standard InChI is InChI=1S/C41H57N7O8S3/c1-7-9-10-11-12-13-14-15-16-19-26-42-58(52,53)32-23-25-36(56-5)35(28-32)45-41(49)39(40-44-34-20-17-18-21-37(34)59(54,55)47(40)4)43-33-24-22-31(27-30(33)3)48(8-2)29-38(48)46-57(6,50)51/h17-18,20-25,27-28,38,42,46H,7-16,19,26,29H2,1-6H3/p+1. The normalized spacial score (nSPS) is 18.9. The number of amides is 1. The monoisotopic (exact) mass is 872 g/mol. The molecule has 18 heteroatoms. The molecule has 1 saturated heterocycles. The van der Waals surface area contributed by atoms with Crippen LogP contribution in [0, 0.1) is 6.92 Å². The summed E-state index contributed by atoms with van der Waals surface area (Å²) in [5.74, 6) is -0.973. The van der Waals surface area contributed by atoms with E-state index in [1.54, 1.807) is 31.2 Å². The van der Waals surface area contributed by atoms with E-state index in [-0.39, 0.29) is 51.2 Å². The van der Waals surface area contributed by atoms with Crippen LogP contribution in [0.4, 0.5) is 22.7 Å². The Morgan fingerprint density at radius 1 is 0.932 bits per heavy atom. The summed E-state index contributed by atoms with van der Waals surface area (Å²) in [7, 11) is -8.91. The molecule has 1 fully saturated rings. The summed E-state index contributed by atoms with van der Waals surface area (Å²) in [6.07, 6.45) is 12.0. The second kappa shape index (κ2) is 19.5. The highest BCUT2D eigenvalue weighted by Gasteiger charge is 2.57. The first-order valence-corrected chi connectivity index (χ1v) is 25.0. The number of para-hydroxylation sites is 1. The number of aliphatic imine (C=N–C) groups is 2. The fourth-order valence-corrected chi connectivity index (χ4v) is 10.4. The molecule has 2 atom stereocenters. The number of hydrogen-bond acceptors (Lipinski definition) is 10. The maximum absolute atomic E-state index is 14.4. The van der Waals surface area contributed by atoms with Gasteiger partial charge in [0.05, 0.1) is 41.9 Å². The maximum Gasteiger partial charge on any atom is 0.278 e. The predicted octanol–water partition coefficient (Wildman–Crippen LogP) is 6.49. The van der Waals surface area contributed by atoms with Crippen LogP contribution in [0.1, 0.15) is 83.6 Å². The number of nitrogens with zero attached hydrogens (tertiary/aromatic N) is 4. The molecule has 0 spiro atoms. The topological polar surface area (TPSA) is 193 Å². The number of likely N-dealkylation sites (N-methyl/N-ethyl adjacent to an activating group) is 1. The maximum atomic E-state index is 14.4. The van der Waals surface area contributed by atoms with Crippen LogP contribution in [0.3, 0.4) is 0 Å². The summed E-state index contributed by atoms with van der Waals surface area (Å²) in [4.78, 5) is 23.6. The van der Waals surface area contributed by atoms with Crippen molar-refractivity contribution in [2.75, 3.05) is 45.4 Å². The summed E-state index contributed by atoms with van der Waals surface area (Å²) in [6.45, 7) is 7.39. The molecule has 3 aromatic rings. The summed E-state index contributed by atoms with van der Waals surface area (Å²) in [5.41, 5.74) is 1.57. The largest absolute Gasteiger partial charge is 0.495 e. The van der Waals surface area contributed by atoms with Gasteiger partial charge in [-0.15, -0.1) is 0 Å². The first kappa shape index (κ1) is 45.9. The molecule has 0 radical (unpaired) electrons. The van der Waals surface area contributed by atoms with Crippen molar-refractivity contribution in [3.63, 3.8) is 0 Å². The van der Waals surface area contributed by atoms with E-state index in [0.29, 0.717) is 35.2 Å². The highest BCUT2D eigenvalue weighted by Crippen LogP contribution is 2.40. The molecular weight excluding hydrogens is 815 g/mol. The van der Waals surface area contributed by atoms with Crippen LogP contribution in [0.25, 0.3) is 0 Å². The minimum absolute atomic E-state index is 0.0155. The van der Waals surface area contributed by atoms with Crippen LogP contribution >= 0.6 is 0 Å². The molecule has 2 heterocycles. The molecule has 2 unspecified atom stereocenters. The van der Waals surface area contributed by atoms with Crippen LogP contribution in [0.5, 0.6) is 5.75 Å². The highest BCUT2D eigenvalue weighted by atomic mass is 32.2. The number of fused-ring (bicyclic) bond motifs is 1. The molecular formula is C41H58N7O8S3+. The van der Waals surface area contributed by atoms with Crippen LogP contribution in [-0.2, 0) is 34.9 Å². The van der Waals surface area contributed by atoms with Crippen LogP contribution in [0.15, 0.2) is 80.4 Å². The van der Waals surface area contributed by atoms with E-state index >= 15 is 0 Å². The molecule has 0 saturated carbocycles. The van der Waals surface area contributed by atoms with E-state index in [2.05, 4.69) is 26.7 Å². The molecule has 3 N–H and O–H groups in total. The molecule has 1 amide bonds. The lowest BCUT2D eigenvalue weighted by Crippen LogP contribution is -2.44. The molecule has 0 aliphatic carbocycles. The van der Waals surface area contributed by atoms with Gasteiger partial charge in [-0.25, -0.2) is 40.0 Å². The van der Waals surface area contributed by atoms with Crippen LogP contribution in [-0.4, -0.2) is 93.2 Å². The second-order valence-electron chi connectivity index (χ2n) is 15.1. The predicted molar refractivity (Wildman–Crippen MR) is 234 cm³/mol. The number of rotatable bonds is 22. The van der Waals surface area contributed by atoms with Gasteiger partial charge in [0, 0.05) is 25.7 Å². The number of unbranched alkanes of at least 4 members (excludes halogenated alkanes) is 9. The van der Waals surface area contributed by atoms with E-state index in [1.807, 2.05) is 13.0 Å². The average Bonchev–Trinajstić information content (AvgIpc) is 3.89. The zero-order valence-corrected chi connectivity index (χ0v) is 37.3. The molecule has 0 aromatic heterocycles. The number of hydrogen-bond donors (Lipinski definition) is 3. The number of nitrogens with one attached hydrogen (secondary N) is 3. The number of amidine groups is 1. The van der Waals surface area contributed by atoms with Gasteiger partial charge in [0.25, 0.3) is 15.9 Å². The first-order chi connectivity index (χ1) is 28.0. The Bertz CT molecular complexity index is 2400. The third kappa shape index (κ3) is 11.1. The second-order valence-corrected chi connectivity index (χ2v) is 20.6. The molecule has 3 aromatic carbocycles. The summed E-state index contributed by atoms with van der Waals surface area (Å²) in [6, 6.07) is 15.6. The minimum Gasteiger partial charge on any atom is -0.495 e. The van der Waals surface area contributed by atoms with Crippen molar-refractivity contribution in [1.82, 2.24) is 18.2 Å². The highest BCUT2D eigenvalue weighted by molar-refractivity contribution is 7.90. The average molecular weight is 873 g/mol. The smallest absolute Gasteiger partial charge is 0.278 e. The Morgan fingerprint density at radius 2 is 1.59 bits per heavy atom. The third-order valence-corrected chi connectivity index (χ3v) is 14.8. The lowest BCUT2D eigenvalue weighted by atomic mass is 10.1. The summed E-state index contributed by atoms with van der Waals surface area (Å²) >= 11 is 0. The van der Waals surface area contributed by atoms with Gasteiger partial charge in [0.1, 0.15) is 16.3 Å². The molecule has 59 heavy (non-hydrogen) atoms. The van der Waals surface area contributed by atoms with Crippen molar-refractivity contribution in [2.45, 2.75) is 101 Å². The number of benzene rings is 3. The number of anilines is 1. The van der Waals surface area contributed by atoms with Crippen molar-refractivity contribution in [3.05, 3.63) is 66.2 Å². The number of aryl methyl sites for hydroxylation is 1. The lowest BCUT2D eigenvalue weighted by molar-refractivity contribution is -0.110. The van der Waals surface area contributed by atoms with Crippen LogP contribution in [0.2, 0.25) is 0 Å². The van der Waals surface area contributed by atoms with Gasteiger partial charge >= 0.3 is 0 Å². The Kier molecular flexibility index (Phi) is 15.1. The van der Waals surface area contributed by atoms with Crippen molar-refractivity contribution in [2.24, 2.45) is 9.98 Å². The molecule has 2 aliphatic heterocycles. The molecule has 2 aliphatic rings. The lowest BCUT2D eigenvalue weighted by Gasteiger charge is -2.27. The minimum atomic E-state index is -4.16. The molecule has 0 bridgehead atoms. The Balaban J connectivity index is 1.41. The van der Waals surface area contributed by atoms with Gasteiger partial charge in [-0.3, -0.25) is 13.6 Å². The van der Waals surface area contributed by atoms with Gasteiger partial charge in [0.15, 0.2) is 18.1 Å². The summed E-state index contributed by atoms with van der Waals surface area (Å²) < 4.78 is 90.4. The fraction of sp³-hybridized carbons (Fsp3) is 0.488. The SMILES string of the molecule is CCCCCCCCCCCCNS(=O)(=O)c1ccc(OC)c(NC(=O)C(=Nc2ccc([N+]3(CC)CC3NS(C)(=O)=O)cc2C)C2=Nc3ccccc3S(=O)(=O)N2C)c1. The van der Waals surface area contributed by atoms with Crippen molar-refractivity contribution < 1.29 is 34.8 Å². The van der Waals surface area contributed by atoms with Crippen molar-refractivity contribution >= 4 is 70.3 Å². The van der Waals surface area contributed by atoms with Crippen LogP contribution < -0.4 is 24.0 Å². The number of carbonyl (C=O) groups is 1. The third-order valence-electron chi connectivity index (χ3n) is 10.8. The number of carbonyl (C=O) groups excluding carboxylic acids is 1. The van der Waals surface area contributed by atoms with Gasteiger partial charge in [-0.1, -0.05) is 76.8 Å². The Morgan fingerprint density at radius 3 is 2.22 bits per heavy atom. The van der Waals surface area contributed by atoms with Gasteiger partial charge < -0.3 is 10.1 Å². The van der Waals surface area contributed by atoms with Crippen molar-refractivity contribution in [3.8, 4) is 5.75 Å². The van der Waals surface area contributed by atoms with E-state index in [0.717, 1.165) is 35.5 Å². The van der Waals surface area contributed by atoms with E-state index in [1.165, 1.54) is 83.0 Å². The summed E-state index contributed by atoms with van der Waals surface area (Å²) in [5, 5.41) is 2.72. The zero-order chi connectivity index (χ0) is 43.0. The molecule has 322 valence electrons. The zero-order valence-electron chi connectivity index (χ0n) is 34.8. The van der Waals surface area contributed by atoms with Gasteiger partial charge in [0.2, 0.25) is 26.2 Å². The first-order valence-electron chi connectivity index (χ1n) is 20.2. The molecule has 15 nitrogen and oxygen atoms in total. The van der Waals surface area contributed by atoms with E-state index in [4.69, 9.17) is 9.73 Å². The van der Waals surface area contributed by atoms with Gasteiger partial charge in [-0.05, 0) is 62.2 Å². The quantitative estimate of drug-likeness (QED) is 0.0441. The van der Waals surface area contributed by atoms with Gasteiger partial charge in [-0.2, -0.15) is 4.72 Å². The molecule has 5 rings (SSSR count). The number of methoxy groups -OCH3 is 1. The Hall–Kier alpha value is -4.20. The van der Waals surface area contributed by atoms with E-state index < -0.39 is 36.0 Å². The number of ether oxygens (including phenoxy) is 1. The van der Waals surface area contributed by atoms with Crippen molar-refractivity contribution in [1.29, 1.82) is 0 Å². The Labute approximate surface area is 350 Å². The number of sulfonamides is 3.